The van der Waals surface area contributed by atoms with Gasteiger partial charge >= 0.3 is 0 Å². The van der Waals surface area contributed by atoms with Gasteiger partial charge in [-0.3, -0.25) is 9.63 Å². The maximum atomic E-state index is 11.9. The number of carbonyl (C=O) groups is 1. The lowest BCUT2D eigenvalue weighted by Gasteiger charge is -2.20. The normalized spacial score (nSPS) is 16.7. The lowest BCUT2D eigenvalue weighted by atomic mass is 10.3. The molecule has 98 valence electrons. The summed E-state index contributed by atoms with van der Waals surface area (Å²) < 4.78 is 5.51. The van der Waals surface area contributed by atoms with E-state index in [0.29, 0.717) is 28.9 Å². The molecule has 6 heteroatoms. The van der Waals surface area contributed by atoms with Crippen LogP contribution < -0.4 is 4.74 Å². The zero-order chi connectivity index (χ0) is 13.1. The zero-order valence-electron chi connectivity index (χ0n) is 9.86. The van der Waals surface area contributed by atoms with E-state index < -0.39 is 6.10 Å². The highest BCUT2D eigenvalue weighted by atomic mass is 35.5. The molecular formula is C12H13Cl2NO3. The van der Waals surface area contributed by atoms with Crippen molar-refractivity contribution in [1.29, 1.82) is 0 Å². The van der Waals surface area contributed by atoms with Gasteiger partial charge < -0.3 is 4.74 Å². The number of carbonyl (C=O) groups excluding carboxylic acids is 1. The quantitative estimate of drug-likeness (QED) is 0.859. The molecule has 1 aromatic carbocycles. The lowest BCUT2D eigenvalue weighted by Crippen LogP contribution is -2.37. The summed E-state index contributed by atoms with van der Waals surface area (Å²) in [6.07, 6.45) is 0.196. The van der Waals surface area contributed by atoms with Crippen LogP contribution in [0.3, 0.4) is 0 Å². The first-order valence-corrected chi connectivity index (χ1v) is 6.39. The van der Waals surface area contributed by atoms with Crippen molar-refractivity contribution in [1.82, 2.24) is 5.06 Å². The standard InChI is InChI=1S/C12H13Cl2NO3/c1-8(12(16)15-5-2-6-17-15)18-11-4-3-9(13)7-10(11)14/h3-4,7-8H,2,5-6H2,1H3. The fourth-order valence-electron chi connectivity index (χ4n) is 1.64. The van der Waals surface area contributed by atoms with Crippen molar-refractivity contribution in [2.75, 3.05) is 13.2 Å². The average Bonchev–Trinajstić information content (AvgIpc) is 2.85. The third kappa shape index (κ3) is 3.07. The second-order valence-corrected chi connectivity index (χ2v) is 4.81. The van der Waals surface area contributed by atoms with Gasteiger partial charge in [0, 0.05) is 5.02 Å². The topological polar surface area (TPSA) is 38.8 Å². The van der Waals surface area contributed by atoms with E-state index in [4.69, 9.17) is 32.8 Å². The maximum absolute atomic E-state index is 11.9. The number of hydrogen-bond donors (Lipinski definition) is 0. The molecule has 1 aliphatic rings. The molecule has 2 rings (SSSR count). The van der Waals surface area contributed by atoms with Crippen LogP contribution >= 0.6 is 23.2 Å². The van der Waals surface area contributed by atoms with E-state index >= 15 is 0 Å². The highest BCUT2D eigenvalue weighted by Crippen LogP contribution is 2.28. The summed E-state index contributed by atoms with van der Waals surface area (Å²) in [5.74, 6) is 0.222. The Morgan fingerprint density at radius 1 is 1.50 bits per heavy atom. The second kappa shape index (κ2) is 5.78. The van der Waals surface area contributed by atoms with Gasteiger partial charge in [0.1, 0.15) is 5.75 Å². The third-order valence-electron chi connectivity index (χ3n) is 2.54. The Balaban J connectivity index is 2.01. The fraction of sp³-hybridized carbons (Fsp3) is 0.417. The number of ether oxygens (including phenoxy) is 1. The number of nitrogens with zero attached hydrogens (tertiary/aromatic N) is 1. The van der Waals surface area contributed by atoms with Crippen LogP contribution in [0.25, 0.3) is 0 Å². The molecule has 1 aliphatic heterocycles. The smallest absolute Gasteiger partial charge is 0.286 e. The first-order chi connectivity index (χ1) is 8.58. The van der Waals surface area contributed by atoms with Gasteiger partial charge in [-0.2, -0.15) is 0 Å². The molecule has 1 unspecified atom stereocenters. The van der Waals surface area contributed by atoms with Crippen LogP contribution in [-0.2, 0) is 9.63 Å². The Hall–Kier alpha value is -0.970. The van der Waals surface area contributed by atoms with Gasteiger partial charge in [-0.1, -0.05) is 23.2 Å². The van der Waals surface area contributed by atoms with Gasteiger partial charge in [-0.25, -0.2) is 5.06 Å². The van der Waals surface area contributed by atoms with Gasteiger partial charge in [-0.05, 0) is 31.5 Å². The molecule has 1 saturated heterocycles. The summed E-state index contributed by atoms with van der Waals surface area (Å²) >= 11 is 11.8. The number of rotatable bonds is 3. The molecule has 0 aliphatic carbocycles. The van der Waals surface area contributed by atoms with Gasteiger partial charge in [0.25, 0.3) is 5.91 Å². The van der Waals surface area contributed by atoms with E-state index in [9.17, 15) is 4.79 Å². The second-order valence-electron chi connectivity index (χ2n) is 3.96. The van der Waals surface area contributed by atoms with Crippen molar-refractivity contribution < 1.29 is 14.4 Å². The van der Waals surface area contributed by atoms with E-state index in [1.165, 1.54) is 5.06 Å². The molecule has 0 radical (unpaired) electrons. The number of hydroxylamine groups is 2. The fourth-order valence-corrected chi connectivity index (χ4v) is 2.09. The Morgan fingerprint density at radius 3 is 2.89 bits per heavy atom. The van der Waals surface area contributed by atoms with Crippen molar-refractivity contribution in [3.05, 3.63) is 28.2 Å². The Labute approximate surface area is 115 Å². The molecule has 1 amide bonds. The molecule has 1 heterocycles. The van der Waals surface area contributed by atoms with Crippen molar-refractivity contribution in [3.8, 4) is 5.75 Å². The van der Waals surface area contributed by atoms with Crippen LogP contribution in [0.4, 0.5) is 0 Å². The predicted octanol–water partition coefficient (Wildman–Crippen LogP) is 2.92. The van der Waals surface area contributed by atoms with Crippen LogP contribution in [0, 0.1) is 0 Å². The molecule has 4 nitrogen and oxygen atoms in total. The monoisotopic (exact) mass is 289 g/mol. The van der Waals surface area contributed by atoms with Gasteiger partial charge in [-0.15, -0.1) is 0 Å². The zero-order valence-corrected chi connectivity index (χ0v) is 11.4. The predicted molar refractivity (Wildman–Crippen MR) is 68.8 cm³/mol. The Kier molecular flexibility index (Phi) is 4.32. The summed E-state index contributed by atoms with van der Waals surface area (Å²) in [5, 5.41) is 2.23. The average molecular weight is 290 g/mol. The molecule has 1 aromatic rings. The van der Waals surface area contributed by atoms with Crippen LogP contribution in [0.5, 0.6) is 5.75 Å². The van der Waals surface area contributed by atoms with Crippen LogP contribution in [-0.4, -0.2) is 30.2 Å². The summed E-state index contributed by atoms with van der Waals surface area (Å²) in [4.78, 5) is 17.1. The molecule has 0 N–H and O–H groups in total. The maximum Gasteiger partial charge on any atom is 0.286 e. The third-order valence-corrected chi connectivity index (χ3v) is 3.07. The van der Waals surface area contributed by atoms with E-state index in [1.54, 1.807) is 25.1 Å². The number of benzene rings is 1. The molecule has 0 saturated carbocycles. The largest absolute Gasteiger partial charge is 0.479 e. The number of amides is 1. The minimum Gasteiger partial charge on any atom is -0.479 e. The molecular weight excluding hydrogens is 277 g/mol. The van der Waals surface area contributed by atoms with Crippen LogP contribution in [0.1, 0.15) is 13.3 Å². The Morgan fingerprint density at radius 2 is 2.28 bits per heavy atom. The van der Waals surface area contributed by atoms with Crippen molar-refractivity contribution in [3.63, 3.8) is 0 Å². The first-order valence-electron chi connectivity index (χ1n) is 5.64. The highest BCUT2D eigenvalue weighted by molar-refractivity contribution is 6.35. The van der Waals surface area contributed by atoms with Crippen molar-refractivity contribution >= 4 is 29.1 Å². The molecule has 1 fully saturated rings. The minimum atomic E-state index is -0.651. The van der Waals surface area contributed by atoms with Crippen molar-refractivity contribution in [2.24, 2.45) is 0 Å². The minimum absolute atomic E-state index is 0.210. The van der Waals surface area contributed by atoms with E-state index in [0.717, 1.165) is 6.42 Å². The summed E-state index contributed by atoms with van der Waals surface area (Å²) in [5.41, 5.74) is 0. The molecule has 0 spiro atoms. The first kappa shape index (κ1) is 13.5. The molecule has 1 atom stereocenters. The van der Waals surface area contributed by atoms with Crippen molar-refractivity contribution in [2.45, 2.75) is 19.4 Å². The van der Waals surface area contributed by atoms with Gasteiger partial charge in [0.05, 0.1) is 18.2 Å². The molecule has 18 heavy (non-hydrogen) atoms. The van der Waals surface area contributed by atoms with Gasteiger partial charge in [0.15, 0.2) is 6.10 Å². The van der Waals surface area contributed by atoms with Gasteiger partial charge in [0.2, 0.25) is 0 Å². The number of halogens is 2. The summed E-state index contributed by atoms with van der Waals surface area (Å²) in [6.45, 7) is 2.83. The van der Waals surface area contributed by atoms with Crippen LogP contribution in [0.2, 0.25) is 10.0 Å². The van der Waals surface area contributed by atoms with E-state index in [1.807, 2.05) is 0 Å². The van der Waals surface area contributed by atoms with E-state index in [2.05, 4.69) is 0 Å². The number of hydrogen-bond acceptors (Lipinski definition) is 3. The molecule has 0 bridgehead atoms. The summed E-state index contributed by atoms with van der Waals surface area (Å²) in [7, 11) is 0. The van der Waals surface area contributed by atoms with E-state index in [-0.39, 0.29) is 5.91 Å². The lowest BCUT2D eigenvalue weighted by molar-refractivity contribution is -0.175. The SMILES string of the molecule is CC(Oc1ccc(Cl)cc1Cl)C(=O)N1CCCO1. The summed E-state index contributed by atoms with van der Waals surface area (Å²) in [6, 6.07) is 4.87. The molecule has 0 aromatic heterocycles. The van der Waals surface area contributed by atoms with Crippen LogP contribution in [0.15, 0.2) is 18.2 Å². The Bertz CT molecular complexity index is 447. The highest BCUT2D eigenvalue weighted by Gasteiger charge is 2.26.